The average Bonchev–Trinajstić information content (AvgIpc) is 3.39. The van der Waals surface area contributed by atoms with Crippen LogP contribution in [-0.4, -0.2) is 32.8 Å². The fourth-order valence-corrected chi connectivity index (χ4v) is 3.04. The third kappa shape index (κ3) is 2.44. The van der Waals surface area contributed by atoms with Crippen LogP contribution in [0.5, 0.6) is 0 Å². The summed E-state index contributed by atoms with van der Waals surface area (Å²) < 4.78 is 6.88. The van der Waals surface area contributed by atoms with Crippen molar-refractivity contribution in [1.82, 2.24) is 19.7 Å². The van der Waals surface area contributed by atoms with Gasteiger partial charge in [-0.2, -0.15) is 5.10 Å². The summed E-state index contributed by atoms with van der Waals surface area (Å²) in [5.74, 6) is 0.254. The molecule has 0 aliphatic heterocycles. The zero-order valence-corrected chi connectivity index (χ0v) is 13.6. The molecular formula is C18H18N4O2. The molecule has 1 fully saturated rings. The summed E-state index contributed by atoms with van der Waals surface area (Å²) in [7, 11) is 1.38. The first-order valence-electron chi connectivity index (χ1n) is 8.06. The van der Waals surface area contributed by atoms with Crippen LogP contribution < -0.4 is 0 Å². The van der Waals surface area contributed by atoms with Gasteiger partial charge in [0, 0.05) is 18.0 Å². The number of rotatable bonds is 4. The summed E-state index contributed by atoms with van der Waals surface area (Å²) >= 11 is 0. The van der Waals surface area contributed by atoms with Crippen molar-refractivity contribution in [2.75, 3.05) is 7.11 Å². The number of aromatic nitrogens is 4. The average molecular weight is 322 g/mol. The minimum Gasteiger partial charge on any atom is -0.465 e. The van der Waals surface area contributed by atoms with Crippen molar-refractivity contribution in [3.63, 3.8) is 0 Å². The molecule has 0 amide bonds. The second kappa shape index (κ2) is 5.70. The molecule has 0 spiro atoms. The van der Waals surface area contributed by atoms with Gasteiger partial charge < -0.3 is 4.74 Å². The number of esters is 1. The van der Waals surface area contributed by atoms with Crippen LogP contribution in [0.2, 0.25) is 0 Å². The van der Waals surface area contributed by atoms with Gasteiger partial charge in [-0.15, -0.1) is 0 Å². The van der Waals surface area contributed by atoms with E-state index in [9.17, 15) is 4.79 Å². The molecule has 0 aromatic carbocycles. The van der Waals surface area contributed by atoms with Crippen molar-refractivity contribution in [1.29, 1.82) is 0 Å². The number of ether oxygens (including phenoxy) is 1. The molecule has 24 heavy (non-hydrogen) atoms. The molecule has 0 radical (unpaired) electrons. The second-order valence-electron chi connectivity index (χ2n) is 6.19. The van der Waals surface area contributed by atoms with Crippen molar-refractivity contribution < 1.29 is 9.53 Å². The first-order valence-corrected chi connectivity index (χ1v) is 8.06. The molecule has 0 saturated heterocycles. The van der Waals surface area contributed by atoms with Crippen molar-refractivity contribution in [3.8, 4) is 11.3 Å². The van der Waals surface area contributed by atoms with E-state index in [1.54, 1.807) is 24.7 Å². The third-order valence-electron chi connectivity index (χ3n) is 4.62. The zero-order chi connectivity index (χ0) is 16.7. The Bertz CT molecular complexity index is 900. The Balaban J connectivity index is 1.94. The van der Waals surface area contributed by atoms with Gasteiger partial charge in [0.05, 0.1) is 36.0 Å². The van der Waals surface area contributed by atoms with Crippen LogP contribution in [-0.2, 0) is 4.74 Å². The lowest BCUT2D eigenvalue weighted by Gasteiger charge is -2.13. The summed E-state index contributed by atoms with van der Waals surface area (Å²) in [6, 6.07) is 5.79. The molecule has 3 aromatic heterocycles. The molecule has 0 bridgehead atoms. The molecular weight excluding hydrogens is 304 g/mol. The molecule has 0 N–H and O–H groups in total. The van der Waals surface area contributed by atoms with E-state index in [4.69, 9.17) is 9.72 Å². The monoisotopic (exact) mass is 322 g/mol. The lowest BCUT2D eigenvalue weighted by molar-refractivity contribution is 0.0603. The Hall–Kier alpha value is -2.76. The molecule has 0 unspecified atom stereocenters. The summed E-state index contributed by atoms with van der Waals surface area (Å²) in [6.07, 6.45) is 7.59. The smallest absolute Gasteiger partial charge is 0.338 e. The number of hydrogen-bond donors (Lipinski definition) is 0. The maximum atomic E-state index is 12.2. The number of pyridine rings is 2. The van der Waals surface area contributed by atoms with Gasteiger partial charge >= 0.3 is 5.97 Å². The van der Waals surface area contributed by atoms with Gasteiger partial charge in [0.25, 0.3) is 0 Å². The highest BCUT2D eigenvalue weighted by Crippen LogP contribution is 2.40. The number of carbonyl (C=O) groups is 1. The summed E-state index contributed by atoms with van der Waals surface area (Å²) in [5, 5.41) is 5.22. The maximum absolute atomic E-state index is 12.2. The first kappa shape index (κ1) is 14.8. The molecule has 6 nitrogen and oxygen atoms in total. The standard InChI is InChI=1S/C18H18N4O2/c1-11(12-5-6-12)22-17-15(10-20-22)14(18(23)24-2)8-16(21-17)13-4-3-7-19-9-13/h3-4,7-12H,5-6H2,1-2H3/t11-/m0/s1. The van der Waals surface area contributed by atoms with E-state index < -0.39 is 0 Å². The molecule has 1 saturated carbocycles. The van der Waals surface area contributed by atoms with Gasteiger partial charge in [0.1, 0.15) is 0 Å². The van der Waals surface area contributed by atoms with Crippen LogP contribution in [0.4, 0.5) is 0 Å². The summed E-state index contributed by atoms with van der Waals surface area (Å²) in [5.41, 5.74) is 2.75. The molecule has 1 aliphatic carbocycles. The van der Waals surface area contributed by atoms with E-state index in [0.717, 1.165) is 16.6 Å². The topological polar surface area (TPSA) is 69.9 Å². The lowest BCUT2D eigenvalue weighted by atomic mass is 10.1. The van der Waals surface area contributed by atoms with Gasteiger partial charge in [0.15, 0.2) is 5.65 Å². The fourth-order valence-electron chi connectivity index (χ4n) is 3.04. The molecule has 3 heterocycles. The summed E-state index contributed by atoms with van der Waals surface area (Å²) in [6.45, 7) is 2.15. The van der Waals surface area contributed by atoms with E-state index >= 15 is 0 Å². The number of hydrogen-bond acceptors (Lipinski definition) is 5. The predicted molar refractivity (Wildman–Crippen MR) is 89.5 cm³/mol. The molecule has 1 atom stereocenters. The lowest BCUT2D eigenvalue weighted by Crippen LogP contribution is -2.10. The predicted octanol–water partition coefficient (Wildman–Crippen LogP) is 3.25. The van der Waals surface area contributed by atoms with E-state index in [1.165, 1.54) is 20.0 Å². The van der Waals surface area contributed by atoms with E-state index in [2.05, 4.69) is 17.0 Å². The maximum Gasteiger partial charge on any atom is 0.338 e. The van der Waals surface area contributed by atoms with Gasteiger partial charge in [0.2, 0.25) is 0 Å². The van der Waals surface area contributed by atoms with Gasteiger partial charge in [-0.3, -0.25) is 4.98 Å². The second-order valence-corrected chi connectivity index (χ2v) is 6.19. The van der Waals surface area contributed by atoms with Crippen LogP contribution in [0.3, 0.4) is 0 Å². The molecule has 1 aliphatic rings. The SMILES string of the molecule is COC(=O)c1cc(-c2cccnc2)nc2c1cnn2[C@@H](C)C1CC1. The highest BCUT2D eigenvalue weighted by atomic mass is 16.5. The largest absolute Gasteiger partial charge is 0.465 e. The Morgan fingerprint density at radius 1 is 1.38 bits per heavy atom. The van der Waals surface area contributed by atoms with Gasteiger partial charge in [-0.25, -0.2) is 14.5 Å². The third-order valence-corrected chi connectivity index (χ3v) is 4.62. The highest BCUT2D eigenvalue weighted by molar-refractivity contribution is 6.03. The van der Waals surface area contributed by atoms with Crippen molar-refractivity contribution >= 4 is 17.0 Å². The number of nitrogens with zero attached hydrogens (tertiary/aromatic N) is 4. The number of methoxy groups -OCH3 is 1. The highest BCUT2D eigenvalue weighted by Gasteiger charge is 2.31. The zero-order valence-electron chi connectivity index (χ0n) is 13.6. The Morgan fingerprint density at radius 3 is 2.88 bits per heavy atom. The molecule has 122 valence electrons. The first-order chi connectivity index (χ1) is 11.7. The Morgan fingerprint density at radius 2 is 2.21 bits per heavy atom. The number of carbonyl (C=O) groups excluding carboxylic acids is 1. The minimum absolute atomic E-state index is 0.268. The van der Waals surface area contributed by atoms with Crippen molar-refractivity contribution in [3.05, 3.63) is 42.4 Å². The van der Waals surface area contributed by atoms with Crippen molar-refractivity contribution in [2.45, 2.75) is 25.8 Å². The van der Waals surface area contributed by atoms with Gasteiger partial charge in [-0.1, -0.05) is 0 Å². The fraction of sp³-hybridized carbons (Fsp3) is 0.333. The minimum atomic E-state index is -0.383. The van der Waals surface area contributed by atoms with Crippen LogP contribution in [0.25, 0.3) is 22.3 Å². The summed E-state index contributed by atoms with van der Waals surface area (Å²) in [4.78, 5) is 21.1. The van der Waals surface area contributed by atoms with Crippen LogP contribution in [0.15, 0.2) is 36.8 Å². The Labute approximate surface area is 139 Å². The van der Waals surface area contributed by atoms with Gasteiger partial charge in [-0.05, 0) is 43.9 Å². The normalized spacial score (nSPS) is 15.4. The Kier molecular flexibility index (Phi) is 3.52. The van der Waals surface area contributed by atoms with Crippen LogP contribution in [0.1, 0.15) is 36.2 Å². The molecule has 3 aromatic rings. The quantitative estimate of drug-likeness (QED) is 0.690. The number of fused-ring (bicyclic) bond motifs is 1. The van der Waals surface area contributed by atoms with E-state index in [-0.39, 0.29) is 12.0 Å². The molecule has 6 heteroatoms. The van der Waals surface area contributed by atoms with Crippen LogP contribution in [0, 0.1) is 5.92 Å². The van der Waals surface area contributed by atoms with Crippen molar-refractivity contribution in [2.24, 2.45) is 5.92 Å². The van der Waals surface area contributed by atoms with E-state index in [0.29, 0.717) is 17.2 Å². The molecule has 4 rings (SSSR count). The van der Waals surface area contributed by atoms with E-state index in [1.807, 2.05) is 16.8 Å². The van der Waals surface area contributed by atoms with Crippen LogP contribution >= 0.6 is 0 Å².